The third-order valence-electron chi connectivity index (χ3n) is 8.68. The number of rotatable bonds is 5. The van der Waals surface area contributed by atoms with Crippen LogP contribution in [0, 0.1) is 0 Å². The van der Waals surface area contributed by atoms with Gasteiger partial charge >= 0.3 is 7.25 Å². The first-order valence-electron chi connectivity index (χ1n) is 15.6. The molecule has 1 saturated carbocycles. The Kier molecular flexibility index (Phi) is 9.62. The Labute approximate surface area is 259 Å². The molecule has 0 spiro atoms. The molecule has 0 amide bonds. The predicted octanol–water partition coefficient (Wildman–Crippen LogP) is 10.6. The van der Waals surface area contributed by atoms with Gasteiger partial charge in [-0.25, -0.2) is 4.90 Å². The molecule has 2 atom stereocenters. The van der Waals surface area contributed by atoms with Gasteiger partial charge in [-0.1, -0.05) is 124 Å². The van der Waals surface area contributed by atoms with Crippen molar-refractivity contribution in [3.05, 3.63) is 126 Å². The molecule has 0 N–H and O–H groups in total. The maximum Gasteiger partial charge on any atom is 0.673 e. The fourth-order valence-corrected chi connectivity index (χ4v) is 6.59. The second-order valence-corrected chi connectivity index (χ2v) is 12.8. The average molecular weight is 601 g/mol. The van der Waals surface area contributed by atoms with Crippen LogP contribution in [0.5, 0.6) is 0 Å². The van der Waals surface area contributed by atoms with Crippen molar-refractivity contribution in [1.29, 1.82) is 0 Å². The van der Waals surface area contributed by atoms with Gasteiger partial charge in [-0.2, -0.15) is 0 Å². The van der Waals surface area contributed by atoms with Crippen molar-refractivity contribution in [2.75, 3.05) is 4.90 Å². The zero-order valence-corrected chi connectivity index (χ0v) is 25.7. The second-order valence-electron chi connectivity index (χ2n) is 12.8. The van der Waals surface area contributed by atoms with Gasteiger partial charge in [0.15, 0.2) is 12.1 Å². The molecule has 6 rings (SSSR count). The first-order chi connectivity index (χ1) is 21.0. The number of nitrogens with zero attached hydrogens (tertiary/aromatic N) is 2. The molecule has 1 aliphatic carbocycles. The van der Waals surface area contributed by atoms with E-state index in [4.69, 9.17) is 0 Å². The van der Waals surface area contributed by atoms with Gasteiger partial charge in [0.25, 0.3) is 0 Å². The Hall–Kier alpha value is -3.87. The van der Waals surface area contributed by atoms with Crippen LogP contribution >= 0.6 is 0 Å². The molecular weight excluding hydrogens is 559 g/mol. The van der Waals surface area contributed by atoms with E-state index in [-0.39, 0.29) is 17.5 Å². The van der Waals surface area contributed by atoms with Crippen molar-refractivity contribution in [2.24, 2.45) is 0 Å². The molecule has 1 aliphatic heterocycles. The average Bonchev–Trinajstić information content (AvgIpc) is 3.42. The van der Waals surface area contributed by atoms with Gasteiger partial charge in [0, 0.05) is 16.7 Å². The summed E-state index contributed by atoms with van der Waals surface area (Å²) in [6, 6.07) is 41.4. The molecular formula is C37H41BF4N2. The highest BCUT2D eigenvalue weighted by Gasteiger charge is 2.48. The molecule has 1 heterocycles. The topological polar surface area (TPSA) is 6.25 Å². The van der Waals surface area contributed by atoms with Crippen molar-refractivity contribution in [2.45, 2.75) is 76.4 Å². The van der Waals surface area contributed by atoms with E-state index in [1.54, 1.807) is 0 Å². The minimum absolute atomic E-state index is 0.0633. The Morgan fingerprint density at radius 1 is 0.682 bits per heavy atom. The predicted molar refractivity (Wildman–Crippen MR) is 175 cm³/mol. The summed E-state index contributed by atoms with van der Waals surface area (Å²) < 4.78 is 41.7. The van der Waals surface area contributed by atoms with E-state index in [0.717, 1.165) is 0 Å². The normalized spacial score (nSPS) is 19.2. The van der Waals surface area contributed by atoms with Crippen LogP contribution in [0.25, 0.3) is 11.1 Å². The van der Waals surface area contributed by atoms with Crippen molar-refractivity contribution < 1.29 is 21.8 Å². The van der Waals surface area contributed by atoms with Crippen LogP contribution in [-0.4, -0.2) is 24.2 Å². The fourth-order valence-electron chi connectivity index (χ4n) is 6.59. The van der Waals surface area contributed by atoms with E-state index in [1.165, 1.54) is 65.6 Å². The molecule has 230 valence electrons. The highest BCUT2D eigenvalue weighted by atomic mass is 19.5. The van der Waals surface area contributed by atoms with Crippen LogP contribution in [0.4, 0.5) is 23.0 Å². The van der Waals surface area contributed by atoms with Crippen LogP contribution in [0.1, 0.15) is 81.6 Å². The van der Waals surface area contributed by atoms with E-state index >= 15 is 0 Å². The Balaban J connectivity index is 0.000000712. The van der Waals surface area contributed by atoms with Gasteiger partial charge in [-0.15, -0.1) is 0 Å². The number of hydrogen-bond donors (Lipinski definition) is 0. The maximum absolute atomic E-state index is 9.75. The molecule has 2 aliphatic rings. The van der Waals surface area contributed by atoms with E-state index in [1.807, 2.05) is 0 Å². The summed E-state index contributed by atoms with van der Waals surface area (Å²) in [4.78, 5) is 2.61. The summed E-state index contributed by atoms with van der Waals surface area (Å²) in [7, 11) is -6.00. The van der Waals surface area contributed by atoms with E-state index in [2.05, 4.69) is 146 Å². The van der Waals surface area contributed by atoms with Crippen LogP contribution in [-0.2, 0) is 5.41 Å². The number of halogens is 4. The van der Waals surface area contributed by atoms with Crippen LogP contribution < -0.4 is 4.90 Å². The molecule has 2 nitrogen and oxygen atoms in total. The lowest BCUT2D eigenvalue weighted by molar-refractivity contribution is -0.602. The van der Waals surface area contributed by atoms with Crippen molar-refractivity contribution in [1.82, 2.24) is 0 Å². The second kappa shape index (κ2) is 13.4. The summed E-state index contributed by atoms with van der Waals surface area (Å²) in [5.74, 6) is 0. The Bertz CT molecular complexity index is 1520. The summed E-state index contributed by atoms with van der Waals surface area (Å²) in [5, 5.41) is 0. The van der Waals surface area contributed by atoms with Gasteiger partial charge in [-0.05, 0) is 54.4 Å². The number of hydrogen-bond acceptors (Lipinski definition) is 1. The van der Waals surface area contributed by atoms with Gasteiger partial charge < -0.3 is 17.3 Å². The maximum atomic E-state index is 9.75. The highest BCUT2D eigenvalue weighted by molar-refractivity contribution is 6.50. The molecule has 0 bridgehead atoms. The van der Waals surface area contributed by atoms with Crippen LogP contribution in [0.15, 0.2) is 109 Å². The van der Waals surface area contributed by atoms with Gasteiger partial charge in [-0.3, -0.25) is 4.58 Å². The van der Waals surface area contributed by atoms with Crippen molar-refractivity contribution in [3.63, 3.8) is 0 Å². The minimum Gasteiger partial charge on any atom is -0.418 e. The molecule has 4 aromatic rings. The monoisotopic (exact) mass is 600 g/mol. The highest BCUT2D eigenvalue weighted by Crippen LogP contribution is 2.47. The molecule has 0 radical (unpaired) electrons. The fraction of sp³-hybridized carbons (Fsp3) is 0.324. The molecule has 0 aromatic heterocycles. The first-order valence-corrected chi connectivity index (χ1v) is 15.6. The largest absolute Gasteiger partial charge is 0.673 e. The van der Waals surface area contributed by atoms with E-state index in [9.17, 15) is 17.3 Å². The third-order valence-corrected chi connectivity index (χ3v) is 8.68. The SMILES string of the molecule is CC(C)(C)c1ccc(-c2ccccc2)c(N2C=[N+](C3CCCCC3)[C@@H](c3ccccc3)[C@@H]2c2ccccc2)c1.F[B-](F)(F)F. The zero-order chi connectivity index (χ0) is 31.3. The standard InChI is InChI=1S/C37H41N2.BF4/c1-37(2,3)31-24-25-33(28-16-8-4-9-17-28)34(26-31)39-27-38(32-22-14-7-15-23-32)35(29-18-10-5-11-19-29)36(39)30-20-12-6-13-21-30;2-1(3,4)5/h4-6,8-13,16-21,24-27,32,35-36H,7,14-15,22-23H2,1-3H3;/q+1;-1/t35-,36-;/m0./s1. The molecule has 7 heteroatoms. The van der Waals surface area contributed by atoms with E-state index in [0.29, 0.717) is 6.04 Å². The molecule has 0 unspecified atom stereocenters. The smallest absolute Gasteiger partial charge is 0.418 e. The first kappa shape index (κ1) is 31.6. The van der Waals surface area contributed by atoms with Gasteiger partial charge in [0.05, 0.1) is 6.04 Å². The minimum atomic E-state index is -6.00. The lowest BCUT2D eigenvalue weighted by Crippen LogP contribution is -2.31. The Morgan fingerprint density at radius 3 is 1.75 bits per heavy atom. The quantitative estimate of drug-likeness (QED) is 0.126. The lowest BCUT2D eigenvalue weighted by Gasteiger charge is -2.29. The van der Waals surface area contributed by atoms with Crippen LogP contribution in [0.2, 0.25) is 0 Å². The van der Waals surface area contributed by atoms with Crippen molar-refractivity contribution >= 4 is 19.3 Å². The number of benzene rings is 4. The summed E-state index contributed by atoms with van der Waals surface area (Å²) in [6.07, 6.45) is 9.02. The summed E-state index contributed by atoms with van der Waals surface area (Å²) >= 11 is 0. The van der Waals surface area contributed by atoms with Gasteiger partial charge in [0.1, 0.15) is 5.69 Å². The summed E-state index contributed by atoms with van der Waals surface area (Å²) in [6.45, 7) is 6.95. The zero-order valence-electron chi connectivity index (χ0n) is 25.7. The molecule has 4 aromatic carbocycles. The lowest BCUT2D eigenvalue weighted by atomic mass is 9.84. The summed E-state index contributed by atoms with van der Waals surface area (Å²) in [5.41, 5.74) is 8.03. The van der Waals surface area contributed by atoms with E-state index < -0.39 is 7.25 Å². The van der Waals surface area contributed by atoms with Crippen molar-refractivity contribution in [3.8, 4) is 11.1 Å². The molecule has 0 saturated heterocycles. The third kappa shape index (κ3) is 7.61. The number of anilines is 1. The molecule has 1 fully saturated rings. The Morgan fingerprint density at radius 2 is 1.20 bits per heavy atom. The van der Waals surface area contributed by atoms with Crippen LogP contribution in [0.3, 0.4) is 0 Å². The molecule has 44 heavy (non-hydrogen) atoms. The van der Waals surface area contributed by atoms with Gasteiger partial charge in [0.2, 0.25) is 6.34 Å².